The maximum Gasteiger partial charge on any atom is 0.242 e. The van der Waals surface area contributed by atoms with Gasteiger partial charge in [0.15, 0.2) is 0 Å². The Balaban J connectivity index is 2.03. The molecule has 0 bridgehead atoms. The van der Waals surface area contributed by atoms with Crippen molar-refractivity contribution < 1.29 is 9.59 Å². The van der Waals surface area contributed by atoms with Gasteiger partial charge in [0, 0.05) is 19.6 Å². The zero-order valence-corrected chi connectivity index (χ0v) is 11.8. The predicted molar refractivity (Wildman–Crippen MR) is 76.6 cm³/mol. The van der Waals surface area contributed by atoms with Crippen LogP contribution < -0.4 is 5.73 Å². The molecule has 0 aliphatic carbocycles. The van der Waals surface area contributed by atoms with Crippen molar-refractivity contribution >= 4 is 11.8 Å². The van der Waals surface area contributed by atoms with Crippen molar-refractivity contribution in [2.75, 3.05) is 19.6 Å². The number of nitrogens with two attached hydrogens (primary N) is 1. The van der Waals surface area contributed by atoms with Crippen LogP contribution in [0, 0.1) is 0 Å². The zero-order valence-electron chi connectivity index (χ0n) is 11.8. The van der Waals surface area contributed by atoms with Crippen molar-refractivity contribution in [2.24, 2.45) is 5.73 Å². The molecule has 20 heavy (non-hydrogen) atoms. The molecule has 0 spiro atoms. The topological polar surface area (TPSA) is 66.6 Å². The molecule has 0 aromatic heterocycles. The predicted octanol–water partition coefficient (Wildman–Crippen LogP) is 0.726. The summed E-state index contributed by atoms with van der Waals surface area (Å²) < 4.78 is 0. The molecular formula is C15H21N3O2. The fourth-order valence-electron chi connectivity index (χ4n) is 2.40. The lowest BCUT2D eigenvalue weighted by Crippen LogP contribution is -2.53. The maximum atomic E-state index is 12.1. The Morgan fingerprint density at radius 3 is 2.45 bits per heavy atom. The van der Waals surface area contributed by atoms with Gasteiger partial charge in [0.25, 0.3) is 0 Å². The molecule has 1 fully saturated rings. The monoisotopic (exact) mass is 275 g/mol. The standard InChI is InChI=1S/C15H21N3O2/c1-2-6-17-10-15(20)18(11-14(17)19)9-13-5-3-4-12(7-13)8-16/h3-5,7H,2,6,8-11,16H2,1H3. The van der Waals surface area contributed by atoms with Crippen LogP contribution >= 0.6 is 0 Å². The van der Waals surface area contributed by atoms with E-state index >= 15 is 0 Å². The molecule has 0 radical (unpaired) electrons. The fourth-order valence-corrected chi connectivity index (χ4v) is 2.40. The summed E-state index contributed by atoms with van der Waals surface area (Å²) in [6, 6.07) is 7.82. The second-order valence-corrected chi connectivity index (χ2v) is 5.09. The largest absolute Gasteiger partial charge is 0.332 e. The Labute approximate surface area is 119 Å². The molecule has 0 atom stereocenters. The van der Waals surface area contributed by atoms with Gasteiger partial charge in [-0.1, -0.05) is 31.2 Å². The van der Waals surface area contributed by atoms with E-state index in [2.05, 4.69) is 0 Å². The Morgan fingerprint density at radius 2 is 1.75 bits per heavy atom. The molecule has 0 saturated carbocycles. The van der Waals surface area contributed by atoms with E-state index in [0.717, 1.165) is 17.5 Å². The second-order valence-electron chi connectivity index (χ2n) is 5.09. The van der Waals surface area contributed by atoms with Gasteiger partial charge in [0.1, 0.15) is 6.54 Å². The number of rotatable bonds is 5. The van der Waals surface area contributed by atoms with Crippen LogP contribution in [0.1, 0.15) is 24.5 Å². The Bertz CT molecular complexity index is 502. The number of carbonyl (C=O) groups is 2. The smallest absolute Gasteiger partial charge is 0.242 e. The van der Waals surface area contributed by atoms with Crippen LogP contribution in [0.15, 0.2) is 24.3 Å². The van der Waals surface area contributed by atoms with E-state index in [1.54, 1.807) is 9.80 Å². The molecule has 2 amide bonds. The number of hydrogen-bond donors (Lipinski definition) is 1. The van der Waals surface area contributed by atoms with Crippen LogP contribution in [0.2, 0.25) is 0 Å². The van der Waals surface area contributed by atoms with Gasteiger partial charge in [-0.05, 0) is 17.5 Å². The minimum absolute atomic E-state index is 0.0104. The number of nitrogens with zero attached hydrogens (tertiary/aromatic N) is 2. The molecule has 1 heterocycles. The lowest BCUT2D eigenvalue weighted by Gasteiger charge is -2.33. The van der Waals surface area contributed by atoms with Crippen LogP contribution in [-0.4, -0.2) is 41.2 Å². The number of carbonyl (C=O) groups excluding carboxylic acids is 2. The molecule has 108 valence electrons. The van der Waals surface area contributed by atoms with Crippen LogP contribution in [0.25, 0.3) is 0 Å². The van der Waals surface area contributed by atoms with E-state index in [0.29, 0.717) is 19.6 Å². The van der Waals surface area contributed by atoms with Gasteiger partial charge in [-0.2, -0.15) is 0 Å². The van der Waals surface area contributed by atoms with Gasteiger partial charge in [-0.3, -0.25) is 9.59 Å². The van der Waals surface area contributed by atoms with E-state index in [1.807, 2.05) is 31.2 Å². The molecule has 1 saturated heterocycles. The highest BCUT2D eigenvalue weighted by Crippen LogP contribution is 2.12. The summed E-state index contributed by atoms with van der Waals surface area (Å²) in [4.78, 5) is 27.3. The third kappa shape index (κ3) is 3.36. The van der Waals surface area contributed by atoms with E-state index < -0.39 is 0 Å². The van der Waals surface area contributed by atoms with Crippen molar-refractivity contribution in [3.63, 3.8) is 0 Å². The van der Waals surface area contributed by atoms with Crippen LogP contribution in [0.3, 0.4) is 0 Å². The molecule has 1 aromatic rings. The average Bonchev–Trinajstić information content (AvgIpc) is 2.45. The molecule has 2 rings (SSSR count). The maximum absolute atomic E-state index is 12.1. The molecule has 0 unspecified atom stereocenters. The Kier molecular flexibility index (Phi) is 4.74. The highest BCUT2D eigenvalue weighted by atomic mass is 16.2. The SMILES string of the molecule is CCCN1CC(=O)N(Cc2cccc(CN)c2)CC1=O. The normalized spacial score (nSPS) is 15.9. The van der Waals surface area contributed by atoms with Gasteiger partial charge in [-0.25, -0.2) is 0 Å². The molecular weight excluding hydrogens is 254 g/mol. The molecule has 2 N–H and O–H groups in total. The highest BCUT2D eigenvalue weighted by Gasteiger charge is 2.29. The minimum Gasteiger partial charge on any atom is -0.332 e. The summed E-state index contributed by atoms with van der Waals surface area (Å²) in [5.41, 5.74) is 7.66. The first-order chi connectivity index (χ1) is 9.63. The molecule has 1 aromatic carbocycles. The van der Waals surface area contributed by atoms with Gasteiger partial charge in [0.2, 0.25) is 11.8 Å². The Hall–Kier alpha value is -1.88. The molecule has 1 aliphatic rings. The number of hydrogen-bond acceptors (Lipinski definition) is 3. The average molecular weight is 275 g/mol. The first-order valence-corrected chi connectivity index (χ1v) is 6.97. The van der Waals surface area contributed by atoms with Gasteiger partial charge in [0.05, 0.1) is 6.54 Å². The summed E-state index contributed by atoms with van der Waals surface area (Å²) in [6.07, 6.45) is 0.873. The molecule has 5 nitrogen and oxygen atoms in total. The number of amides is 2. The van der Waals surface area contributed by atoms with Crippen LogP contribution in [-0.2, 0) is 22.7 Å². The molecule has 1 aliphatic heterocycles. The zero-order chi connectivity index (χ0) is 14.5. The third-order valence-corrected chi connectivity index (χ3v) is 3.45. The first kappa shape index (κ1) is 14.5. The fraction of sp³-hybridized carbons (Fsp3) is 0.467. The second kappa shape index (κ2) is 6.52. The molecule has 5 heteroatoms. The quantitative estimate of drug-likeness (QED) is 0.861. The number of piperazine rings is 1. The highest BCUT2D eigenvalue weighted by molar-refractivity contribution is 5.92. The van der Waals surface area contributed by atoms with Crippen molar-refractivity contribution in [2.45, 2.75) is 26.4 Å². The van der Waals surface area contributed by atoms with Crippen molar-refractivity contribution in [3.05, 3.63) is 35.4 Å². The van der Waals surface area contributed by atoms with E-state index in [9.17, 15) is 9.59 Å². The first-order valence-electron chi connectivity index (χ1n) is 6.97. The summed E-state index contributed by atoms with van der Waals surface area (Å²) in [5.74, 6) is 0.0395. The lowest BCUT2D eigenvalue weighted by atomic mass is 10.1. The van der Waals surface area contributed by atoms with Crippen molar-refractivity contribution in [1.82, 2.24) is 9.80 Å². The van der Waals surface area contributed by atoms with Crippen molar-refractivity contribution in [3.8, 4) is 0 Å². The van der Waals surface area contributed by atoms with Gasteiger partial charge in [-0.15, -0.1) is 0 Å². The van der Waals surface area contributed by atoms with Crippen LogP contribution in [0.5, 0.6) is 0 Å². The number of benzene rings is 1. The van der Waals surface area contributed by atoms with E-state index in [4.69, 9.17) is 5.73 Å². The third-order valence-electron chi connectivity index (χ3n) is 3.45. The lowest BCUT2D eigenvalue weighted by molar-refractivity contribution is -0.150. The van der Waals surface area contributed by atoms with Gasteiger partial charge >= 0.3 is 0 Å². The van der Waals surface area contributed by atoms with E-state index in [1.165, 1.54) is 0 Å². The summed E-state index contributed by atoms with van der Waals surface area (Å²) in [7, 11) is 0. The summed E-state index contributed by atoms with van der Waals surface area (Å²) >= 11 is 0. The van der Waals surface area contributed by atoms with Crippen LogP contribution in [0.4, 0.5) is 0 Å². The Morgan fingerprint density at radius 1 is 1.10 bits per heavy atom. The van der Waals surface area contributed by atoms with Crippen molar-refractivity contribution in [1.29, 1.82) is 0 Å². The minimum atomic E-state index is 0.0104. The van der Waals surface area contributed by atoms with Gasteiger partial charge < -0.3 is 15.5 Å². The summed E-state index contributed by atoms with van der Waals surface area (Å²) in [6.45, 7) is 3.97. The van der Waals surface area contributed by atoms with E-state index in [-0.39, 0.29) is 24.9 Å². The summed E-state index contributed by atoms with van der Waals surface area (Å²) in [5, 5.41) is 0.